The largest absolute Gasteiger partial charge is 0.494 e. The Hall–Kier alpha value is -2.58. The van der Waals surface area contributed by atoms with Gasteiger partial charge in [0, 0.05) is 17.1 Å². The van der Waals surface area contributed by atoms with Gasteiger partial charge in [-0.15, -0.1) is 11.8 Å². The summed E-state index contributed by atoms with van der Waals surface area (Å²) in [4.78, 5) is 30.2. The highest BCUT2D eigenvalue weighted by Gasteiger charge is 2.12. The van der Waals surface area contributed by atoms with E-state index in [2.05, 4.69) is 4.99 Å². The van der Waals surface area contributed by atoms with E-state index in [1.54, 1.807) is 16.3 Å². The molecule has 0 unspecified atom stereocenters. The van der Waals surface area contributed by atoms with Crippen LogP contribution in [0.25, 0.3) is 10.2 Å². The molecular formula is C21H22N2O4S2. The number of esters is 1. The maximum absolute atomic E-state index is 12.4. The highest BCUT2D eigenvalue weighted by Crippen LogP contribution is 2.24. The summed E-state index contributed by atoms with van der Waals surface area (Å²) in [5.74, 6) is 0.766. The Labute approximate surface area is 177 Å². The zero-order chi connectivity index (χ0) is 20.6. The maximum atomic E-state index is 12.4. The highest BCUT2D eigenvalue weighted by molar-refractivity contribution is 7.99. The Morgan fingerprint density at radius 2 is 1.97 bits per heavy atom. The molecule has 0 saturated heterocycles. The summed E-state index contributed by atoms with van der Waals surface area (Å²) in [7, 11) is 1.34. The molecule has 0 N–H and O–H groups in total. The van der Waals surface area contributed by atoms with Crippen LogP contribution < -0.4 is 9.54 Å². The number of thiazole rings is 1. The third kappa shape index (κ3) is 5.71. The van der Waals surface area contributed by atoms with Crippen LogP contribution in [0.3, 0.4) is 0 Å². The van der Waals surface area contributed by atoms with Gasteiger partial charge in [0.1, 0.15) is 12.3 Å². The Morgan fingerprint density at radius 3 is 2.69 bits per heavy atom. The first kappa shape index (κ1) is 21.1. The van der Waals surface area contributed by atoms with Crippen molar-refractivity contribution >= 4 is 45.2 Å². The van der Waals surface area contributed by atoms with Gasteiger partial charge in [0.25, 0.3) is 0 Å². The zero-order valence-corrected chi connectivity index (χ0v) is 17.9. The average Bonchev–Trinajstić information content (AvgIpc) is 3.05. The highest BCUT2D eigenvalue weighted by atomic mass is 32.2. The fourth-order valence-electron chi connectivity index (χ4n) is 2.68. The van der Waals surface area contributed by atoms with Crippen LogP contribution in [0.2, 0.25) is 0 Å². The van der Waals surface area contributed by atoms with Crippen LogP contribution in [-0.4, -0.2) is 35.9 Å². The van der Waals surface area contributed by atoms with E-state index in [1.807, 2.05) is 55.5 Å². The third-order valence-corrected chi connectivity index (χ3v) is 6.08. The number of ether oxygens (including phenoxy) is 2. The first-order valence-corrected chi connectivity index (χ1v) is 11.0. The minimum Gasteiger partial charge on any atom is -0.494 e. The van der Waals surface area contributed by atoms with E-state index >= 15 is 0 Å². The molecule has 1 aromatic heterocycles. The maximum Gasteiger partial charge on any atom is 0.325 e. The number of aromatic nitrogens is 1. The van der Waals surface area contributed by atoms with E-state index in [0.717, 1.165) is 20.9 Å². The first-order valence-electron chi connectivity index (χ1n) is 9.19. The second-order valence-electron chi connectivity index (χ2n) is 6.03. The fourth-order valence-corrected chi connectivity index (χ4v) is 4.61. The third-order valence-electron chi connectivity index (χ3n) is 4.03. The van der Waals surface area contributed by atoms with Crippen LogP contribution in [0.4, 0.5) is 0 Å². The number of amides is 1. The van der Waals surface area contributed by atoms with E-state index in [4.69, 9.17) is 9.47 Å². The number of benzene rings is 2. The molecule has 0 spiro atoms. The zero-order valence-electron chi connectivity index (χ0n) is 16.3. The number of carbonyl (C=O) groups excluding carboxylic acids is 2. The number of nitrogens with zero attached hydrogens (tertiary/aromatic N) is 2. The Balaban J connectivity index is 1.83. The molecule has 0 aliphatic heterocycles. The molecule has 0 fully saturated rings. The molecule has 2 aromatic carbocycles. The molecule has 1 amide bonds. The number of carbonyl (C=O) groups is 2. The Morgan fingerprint density at radius 1 is 1.17 bits per heavy atom. The van der Waals surface area contributed by atoms with Gasteiger partial charge in [-0.25, -0.2) is 0 Å². The summed E-state index contributed by atoms with van der Waals surface area (Å²) in [6.45, 7) is 2.48. The van der Waals surface area contributed by atoms with E-state index in [0.29, 0.717) is 23.6 Å². The van der Waals surface area contributed by atoms with Gasteiger partial charge >= 0.3 is 5.97 Å². The van der Waals surface area contributed by atoms with Crippen LogP contribution in [0.5, 0.6) is 5.75 Å². The predicted molar refractivity (Wildman–Crippen MR) is 115 cm³/mol. The number of methoxy groups -OCH3 is 1. The van der Waals surface area contributed by atoms with Crippen molar-refractivity contribution in [2.24, 2.45) is 4.99 Å². The van der Waals surface area contributed by atoms with Crippen molar-refractivity contribution in [3.63, 3.8) is 0 Å². The Kier molecular flexibility index (Phi) is 7.48. The second kappa shape index (κ2) is 10.3. The summed E-state index contributed by atoms with van der Waals surface area (Å²) >= 11 is 2.97. The molecule has 3 rings (SSSR count). The molecule has 6 nitrogen and oxygen atoms in total. The van der Waals surface area contributed by atoms with Gasteiger partial charge in [-0.1, -0.05) is 29.5 Å². The van der Waals surface area contributed by atoms with E-state index in [1.165, 1.54) is 18.4 Å². The summed E-state index contributed by atoms with van der Waals surface area (Å²) in [6, 6.07) is 15.5. The quantitative estimate of drug-likeness (QED) is 0.401. The summed E-state index contributed by atoms with van der Waals surface area (Å²) in [6.07, 6.45) is 0.316. The van der Waals surface area contributed by atoms with Gasteiger partial charge in [-0.3, -0.25) is 9.59 Å². The number of hydrogen-bond acceptors (Lipinski definition) is 6. The lowest BCUT2D eigenvalue weighted by atomic mass is 10.3. The molecular weight excluding hydrogens is 408 g/mol. The van der Waals surface area contributed by atoms with E-state index in [9.17, 15) is 9.59 Å². The lowest BCUT2D eigenvalue weighted by Gasteiger charge is -2.05. The van der Waals surface area contributed by atoms with Crippen molar-refractivity contribution in [2.45, 2.75) is 24.8 Å². The van der Waals surface area contributed by atoms with Crippen molar-refractivity contribution in [3.05, 3.63) is 53.3 Å². The standard InChI is InChI=1S/C21H22N2O4S2/c1-3-27-15-9-10-17-18(13-15)29-21(23(17)14-20(25)26-2)22-19(24)11-12-28-16-7-5-4-6-8-16/h4-10,13H,3,11-12,14H2,1-2H3. The second-order valence-corrected chi connectivity index (χ2v) is 8.20. The summed E-state index contributed by atoms with van der Waals surface area (Å²) in [5, 5.41) is 0. The molecule has 29 heavy (non-hydrogen) atoms. The number of fused-ring (bicyclic) bond motifs is 1. The molecule has 152 valence electrons. The minimum atomic E-state index is -0.396. The van der Waals surface area contributed by atoms with E-state index < -0.39 is 5.97 Å². The van der Waals surface area contributed by atoms with Crippen molar-refractivity contribution < 1.29 is 19.1 Å². The van der Waals surface area contributed by atoms with Gasteiger partial charge < -0.3 is 14.0 Å². The smallest absolute Gasteiger partial charge is 0.325 e. The molecule has 0 aliphatic rings. The average molecular weight is 431 g/mol. The molecule has 1 heterocycles. The van der Waals surface area contributed by atoms with Gasteiger partial charge in [0.15, 0.2) is 4.80 Å². The van der Waals surface area contributed by atoms with Crippen molar-refractivity contribution in [1.29, 1.82) is 0 Å². The first-order chi connectivity index (χ1) is 14.1. The fraction of sp³-hybridized carbons (Fsp3) is 0.286. The summed E-state index contributed by atoms with van der Waals surface area (Å²) in [5.41, 5.74) is 0.814. The molecule has 0 atom stereocenters. The van der Waals surface area contributed by atoms with Crippen molar-refractivity contribution in [2.75, 3.05) is 19.5 Å². The molecule has 8 heteroatoms. The Bertz CT molecular complexity index is 1060. The van der Waals surface area contributed by atoms with Crippen molar-refractivity contribution in [1.82, 2.24) is 4.57 Å². The van der Waals surface area contributed by atoms with Crippen LogP contribution >= 0.6 is 23.1 Å². The van der Waals surface area contributed by atoms with E-state index in [-0.39, 0.29) is 12.5 Å². The van der Waals surface area contributed by atoms with Gasteiger partial charge in [0.2, 0.25) is 5.91 Å². The molecule has 0 aliphatic carbocycles. The number of hydrogen-bond donors (Lipinski definition) is 0. The van der Waals surface area contributed by atoms with Crippen LogP contribution in [0.15, 0.2) is 58.4 Å². The van der Waals surface area contributed by atoms with Crippen LogP contribution in [-0.2, 0) is 20.9 Å². The molecule has 0 saturated carbocycles. The number of rotatable bonds is 8. The lowest BCUT2D eigenvalue weighted by molar-refractivity contribution is -0.141. The topological polar surface area (TPSA) is 69.9 Å². The summed E-state index contributed by atoms with van der Waals surface area (Å²) < 4.78 is 13.0. The monoisotopic (exact) mass is 430 g/mol. The van der Waals surface area contributed by atoms with Gasteiger partial charge in [-0.05, 0) is 37.3 Å². The van der Waals surface area contributed by atoms with Crippen LogP contribution in [0.1, 0.15) is 13.3 Å². The predicted octanol–water partition coefficient (Wildman–Crippen LogP) is 3.88. The SMILES string of the molecule is CCOc1ccc2c(c1)sc(=NC(=O)CCSc1ccccc1)n2CC(=O)OC. The van der Waals surface area contributed by atoms with Crippen LogP contribution in [0, 0.1) is 0 Å². The minimum absolute atomic E-state index is 0.00460. The molecule has 0 bridgehead atoms. The molecule has 0 radical (unpaired) electrons. The number of thioether (sulfide) groups is 1. The molecule has 3 aromatic rings. The normalized spacial score (nSPS) is 11.6. The van der Waals surface area contributed by atoms with Gasteiger partial charge in [-0.2, -0.15) is 4.99 Å². The van der Waals surface area contributed by atoms with Crippen molar-refractivity contribution in [3.8, 4) is 5.75 Å². The lowest BCUT2D eigenvalue weighted by Crippen LogP contribution is -2.22. The van der Waals surface area contributed by atoms with Gasteiger partial charge in [0.05, 0.1) is 23.9 Å².